The molecule has 1 aliphatic heterocycles. The van der Waals surface area contributed by atoms with Gasteiger partial charge in [-0.2, -0.15) is 11.3 Å². The van der Waals surface area contributed by atoms with E-state index >= 15 is 0 Å². The number of likely N-dealkylation sites (tertiary alicyclic amines) is 1. The summed E-state index contributed by atoms with van der Waals surface area (Å²) in [6, 6.07) is 10.4. The number of hydrogen-bond acceptors (Lipinski definition) is 8. The van der Waals surface area contributed by atoms with Crippen LogP contribution in [0.25, 0.3) is 0 Å². The van der Waals surface area contributed by atoms with Crippen LogP contribution < -0.4 is 15.4 Å². The van der Waals surface area contributed by atoms with Crippen molar-refractivity contribution in [2.24, 2.45) is 0 Å². The predicted octanol–water partition coefficient (Wildman–Crippen LogP) is 4.91. The Morgan fingerprint density at radius 1 is 1.06 bits per heavy atom. The first kappa shape index (κ1) is 22.7. The molecule has 0 amide bonds. The van der Waals surface area contributed by atoms with E-state index in [1.165, 1.54) is 37.9 Å². The molecule has 1 atom stereocenters. The van der Waals surface area contributed by atoms with Crippen molar-refractivity contribution in [3.05, 3.63) is 64.4 Å². The summed E-state index contributed by atoms with van der Waals surface area (Å²) >= 11 is 0.0736. The summed E-state index contributed by atoms with van der Waals surface area (Å²) in [5.74, 6) is 1.94. The maximum absolute atomic E-state index is 11.7. The second-order valence-electron chi connectivity index (χ2n) is 7.74. The summed E-state index contributed by atoms with van der Waals surface area (Å²) in [6.07, 6.45) is 7.89. The molecule has 1 aromatic carbocycles. The lowest BCUT2D eigenvalue weighted by atomic mass is 10.1. The summed E-state index contributed by atoms with van der Waals surface area (Å²) in [5.41, 5.74) is 2.45. The average Bonchev–Trinajstić information content (AvgIpc) is 3.45. The summed E-state index contributed by atoms with van der Waals surface area (Å²) in [6.45, 7) is 5.04. The smallest absolute Gasteiger partial charge is 0.233 e. The van der Waals surface area contributed by atoms with Gasteiger partial charge in [-0.15, -0.1) is 0 Å². The van der Waals surface area contributed by atoms with Crippen LogP contribution in [0.3, 0.4) is 0 Å². The van der Waals surface area contributed by atoms with Crippen LogP contribution in [0.1, 0.15) is 30.4 Å². The molecule has 0 aliphatic carbocycles. The van der Waals surface area contributed by atoms with Crippen molar-refractivity contribution in [1.29, 1.82) is 0 Å². The first-order chi connectivity index (χ1) is 15.8. The van der Waals surface area contributed by atoms with Gasteiger partial charge in [0.05, 0.1) is 0 Å². The number of anilines is 2. The van der Waals surface area contributed by atoms with Gasteiger partial charge in [0.25, 0.3) is 0 Å². The first-order valence-corrected chi connectivity index (χ1v) is 12.9. The highest BCUT2D eigenvalue weighted by molar-refractivity contribution is 7.14. The van der Waals surface area contributed by atoms with E-state index in [9.17, 15) is 4.55 Å². The molecule has 1 aliphatic rings. The molecular weight excluding hydrogens is 442 g/mol. The van der Waals surface area contributed by atoms with Crippen molar-refractivity contribution < 1.29 is 9.29 Å². The van der Waals surface area contributed by atoms with E-state index in [0.717, 1.165) is 17.9 Å². The SMILES string of the molecule is [O-][s+]1nc(NCC=CCOc2cccc(CN3CCCCC3)c2)c(NCc2ccsc2)n1. The van der Waals surface area contributed by atoms with Gasteiger partial charge in [0.15, 0.2) is 11.1 Å². The Hall–Kier alpha value is -2.46. The largest absolute Gasteiger partial charge is 0.546 e. The summed E-state index contributed by atoms with van der Waals surface area (Å²) < 4.78 is 25.6. The van der Waals surface area contributed by atoms with E-state index in [0.29, 0.717) is 31.3 Å². The van der Waals surface area contributed by atoms with E-state index < -0.39 is 11.1 Å². The summed E-state index contributed by atoms with van der Waals surface area (Å²) in [5, 5.41) is 10.4. The van der Waals surface area contributed by atoms with E-state index in [1.807, 2.05) is 29.7 Å². The molecule has 2 N–H and O–H groups in total. The number of hydrogen-bond donors (Lipinski definition) is 2. The predicted molar refractivity (Wildman–Crippen MR) is 131 cm³/mol. The fourth-order valence-electron chi connectivity index (χ4n) is 3.63. The lowest BCUT2D eigenvalue weighted by Crippen LogP contribution is -2.29. The molecule has 7 nitrogen and oxygen atoms in total. The normalized spacial score (nSPS) is 15.2. The van der Waals surface area contributed by atoms with Gasteiger partial charge < -0.3 is 19.9 Å². The average molecular weight is 472 g/mol. The van der Waals surface area contributed by atoms with Gasteiger partial charge in [-0.25, -0.2) is 0 Å². The van der Waals surface area contributed by atoms with Crippen LogP contribution in [-0.4, -0.2) is 44.4 Å². The molecule has 32 heavy (non-hydrogen) atoms. The van der Waals surface area contributed by atoms with Gasteiger partial charge in [-0.3, -0.25) is 4.90 Å². The quantitative estimate of drug-likeness (QED) is 0.303. The van der Waals surface area contributed by atoms with Gasteiger partial charge in [0.2, 0.25) is 11.6 Å². The Bertz CT molecular complexity index is 984. The van der Waals surface area contributed by atoms with Crippen molar-refractivity contribution in [2.75, 3.05) is 36.9 Å². The summed E-state index contributed by atoms with van der Waals surface area (Å²) in [4.78, 5) is 2.51. The van der Waals surface area contributed by atoms with Gasteiger partial charge in [-0.1, -0.05) is 24.6 Å². The molecule has 1 unspecified atom stereocenters. The molecule has 0 spiro atoms. The second kappa shape index (κ2) is 12.0. The highest BCUT2D eigenvalue weighted by Crippen LogP contribution is 2.23. The minimum atomic E-state index is -1.57. The number of benzene rings is 1. The van der Waals surface area contributed by atoms with Crippen molar-refractivity contribution in [2.45, 2.75) is 32.4 Å². The fraction of sp³-hybridized carbons (Fsp3) is 0.391. The third-order valence-corrected chi connectivity index (χ3v) is 6.67. The van der Waals surface area contributed by atoms with Gasteiger partial charge in [-0.05, 0) is 72.1 Å². The lowest BCUT2D eigenvalue weighted by molar-refractivity contribution is 0.220. The summed E-state index contributed by atoms with van der Waals surface area (Å²) in [7, 11) is 0. The van der Waals surface area contributed by atoms with Gasteiger partial charge >= 0.3 is 0 Å². The van der Waals surface area contributed by atoms with Crippen LogP contribution in [-0.2, 0) is 13.1 Å². The Morgan fingerprint density at radius 3 is 2.72 bits per heavy atom. The zero-order chi connectivity index (χ0) is 22.0. The molecule has 3 heterocycles. The third-order valence-electron chi connectivity index (χ3n) is 5.26. The Labute approximate surface area is 196 Å². The highest BCUT2D eigenvalue weighted by atomic mass is 32.2. The third kappa shape index (κ3) is 7.03. The minimum absolute atomic E-state index is 0.491. The van der Waals surface area contributed by atoms with E-state index in [1.54, 1.807) is 11.3 Å². The van der Waals surface area contributed by atoms with Crippen molar-refractivity contribution >= 4 is 34.1 Å². The lowest BCUT2D eigenvalue weighted by Gasteiger charge is -2.26. The van der Waals surface area contributed by atoms with Crippen LogP contribution >= 0.6 is 22.5 Å². The number of rotatable bonds is 11. The number of piperidine rings is 1. The van der Waals surface area contributed by atoms with Crippen molar-refractivity contribution in [3.8, 4) is 5.75 Å². The molecule has 0 saturated carbocycles. The fourth-order valence-corrected chi connectivity index (χ4v) is 4.96. The van der Waals surface area contributed by atoms with E-state index in [4.69, 9.17) is 4.74 Å². The Balaban J connectivity index is 1.19. The molecule has 170 valence electrons. The Morgan fingerprint density at radius 2 is 1.91 bits per heavy atom. The number of aromatic nitrogens is 2. The first-order valence-electron chi connectivity index (χ1n) is 10.9. The molecule has 1 saturated heterocycles. The van der Waals surface area contributed by atoms with Crippen LogP contribution in [0.15, 0.2) is 53.2 Å². The highest BCUT2D eigenvalue weighted by Gasteiger charge is 2.14. The maximum atomic E-state index is 11.7. The zero-order valence-electron chi connectivity index (χ0n) is 18.0. The molecule has 9 heteroatoms. The monoisotopic (exact) mass is 471 g/mol. The molecule has 0 radical (unpaired) electrons. The standard InChI is InChI=1S/C23H29N5O2S2/c29-32-26-22(23(27-32)25-16-20-9-14-31-18-20)24-10-2-5-13-30-21-8-6-7-19(15-21)17-28-11-3-1-4-12-28/h2,5-9,14-15,18H,1,3-4,10-13,16-17H2,(H,24,26)(H,25,27). The van der Waals surface area contributed by atoms with E-state index in [2.05, 4.69) is 47.9 Å². The van der Waals surface area contributed by atoms with Gasteiger partial charge in [0, 0.05) is 28.4 Å². The van der Waals surface area contributed by atoms with Crippen LogP contribution in [0.4, 0.5) is 11.6 Å². The number of thiophene rings is 1. The zero-order valence-corrected chi connectivity index (χ0v) is 19.7. The minimum Gasteiger partial charge on any atom is -0.546 e. The number of nitrogens with one attached hydrogen (secondary N) is 2. The molecule has 0 bridgehead atoms. The van der Waals surface area contributed by atoms with E-state index in [-0.39, 0.29) is 0 Å². The topological polar surface area (TPSA) is 85.4 Å². The molecule has 2 aromatic heterocycles. The van der Waals surface area contributed by atoms with Crippen LogP contribution in [0, 0.1) is 0 Å². The molecule has 1 fully saturated rings. The molecular formula is C23H29N5O2S2. The van der Waals surface area contributed by atoms with Crippen LogP contribution in [0.5, 0.6) is 5.75 Å². The van der Waals surface area contributed by atoms with Crippen LogP contribution in [0.2, 0.25) is 0 Å². The van der Waals surface area contributed by atoms with Gasteiger partial charge in [0.1, 0.15) is 12.4 Å². The van der Waals surface area contributed by atoms with Crippen molar-refractivity contribution in [1.82, 2.24) is 13.6 Å². The van der Waals surface area contributed by atoms with Crippen molar-refractivity contribution in [3.63, 3.8) is 0 Å². The Kier molecular flexibility index (Phi) is 8.49. The molecule has 4 rings (SSSR count). The number of nitrogens with zero attached hydrogens (tertiary/aromatic N) is 3. The maximum Gasteiger partial charge on any atom is 0.233 e. The number of ether oxygens (including phenoxy) is 1. The molecule has 3 aromatic rings. The second-order valence-corrected chi connectivity index (χ2v) is 9.35.